The first-order chi connectivity index (χ1) is 16.3. The van der Waals surface area contributed by atoms with Crippen LogP contribution in [0, 0.1) is 5.92 Å². The van der Waals surface area contributed by atoms with Crippen LogP contribution in [0.4, 0.5) is 24.5 Å². The Hall–Kier alpha value is -3.17. The standard InChI is InChI=1S/C25H27F3N4O2/c26-25(27,28)10-13-30-21(34)7-6-16-14-19-22(20(33)15-16)24(31-18-4-2-1-3-5-18)23(32-19)17-8-11-29-12-9-17/h1-5,8-9,11-12,16,21,30-32,34H,6-7,10,13-15H2. The largest absolute Gasteiger partial charge is 0.390 e. The first-order valence-corrected chi connectivity index (χ1v) is 11.3. The minimum Gasteiger partial charge on any atom is -0.379 e. The van der Waals surface area contributed by atoms with Crippen molar-refractivity contribution >= 4 is 17.2 Å². The molecular formula is C25H27F3N4O2. The zero-order valence-corrected chi connectivity index (χ0v) is 18.5. The number of carbonyl (C=O) groups is 1. The number of rotatable bonds is 9. The Morgan fingerprint density at radius 1 is 1.12 bits per heavy atom. The molecule has 2 atom stereocenters. The Morgan fingerprint density at radius 2 is 1.85 bits per heavy atom. The summed E-state index contributed by atoms with van der Waals surface area (Å²) in [6.45, 7) is -0.334. The van der Waals surface area contributed by atoms with Gasteiger partial charge in [-0.25, -0.2) is 0 Å². The number of hydrogen-bond donors (Lipinski definition) is 4. The third-order valence-electron chi connectivity index (χ3n) is 5.97. The Kier molecular flexibility index (Phi) is 7.33. The number of aliphatic hydroxyl groups excluding tert-OH is 1. The van der Waals surface area contributed by atoms with Gasteiger partial charge in [0.15, 0.2) is 5.78 Å². The van der Waals surface area contributed by atoms with Gasteiger partial charge in [-0.05, 0) is 49.4 Å². The lowest BCUT2D eigenvalue weighted by atomic mass is 9.83. The van der Waals surface area contributed by atoms with Crippen molar-refractivity contribution in [2.24, 2.45) is 5.92 Å². The molecule has 9 heteroatoms. The zero-order valence-electron chi connectivity index (χ0n) is 18.5. The summed E-state index contributed by atoms with van der Waals surface area (Å²) in [5, 5.41) is 15.9. The number of Topliss-reactive ketones (excluding diaryl/α,β-unsaturated/α-hetero) is 1. The number of aromatic nitrogens is 2. The molecule has 0 fully saturated rings. The second-order valence-corrected chi connectivity index (χ2v) is 8.57. The highest BCUT2D eigenvalue weighted by Crippen LogP contribution is 2.40. The minimum atomic E-state index is -4.26. The van der Waals surface area contributed by atoms with E-state index in [-0.39, 0.29) is 24.7 Å². The number of alkyl halides is 3. The molecule has 0 saturated carbocycles. The van der Waals surface area contributed by atoms with Crippen LogP contribution in [0.1, 0.15) is 41.7 Å². The summed E-state index contributed by atoms with van der Waals surface area (Å²) in [4.78, 5) is 20.7. The van der Waals surface area contributed by atoms with Gasteiger partial charge in [-0.1, -0.05) is 18.2 Å². The number of ketones is 1. The monoisotopic (exact) mass is 472 g/mol. The number of pyridine rings is 1. The summed E-state index contributed by atoms with van der Waals surface area (Å²) < 4.78 is 36.9. The van der Waals surface area contributed by atoms with Crippen molar-refractivity contribution in [2.75, 3.05) is 11.9 Å². The molecule has 34 heavy (non-hydrogen) atoms. The summed E-state index contributed by atoms with van der Waals surface area (Å²) >= 11 is 0. The molecule has 6 nitrogen and oxygen atoms in total. The quantitative estimate of drug-likeness (QED) is 0.321. The van der Waals surface area contributed by atoms with Crippen LogP contribution in [0.2, 0.25) is 0 Å². The van der Waals surface area contributed by atoms with Gasteiger partial charge in [0.25, 0.3) is 0 Å². The van der Waals surface area contributed by atoms with Gasteiger partial charge in [0.05, 0.1) is 23.4 Å². The van der Waals surface area contributed by atoms with Crippen molar-refractivity contribution in [3.63, 3.8) is 0 Å². The number of fused-ring (bicyclic) bond motifs is 1. The molecular weight excluding hydrogens is 445 g/mol. The Morgan fingerprint density at radius 3 is 2.56 bits per heavy atom. The molecule has 2 unspecified atom stereocenters. The van der Waals surface area contributed by atoms with E-state index in [1.807, 2.05) is 42.5 Å². The van der Waals surface area contributed by atoms with Crippen LogP contribution in [0.15, 0.2) is 54.9 Å². The maximum Gasteiger partial charge on any atom is 0.390 e. The van der Waals surface area contributed by atoms with Gasteiger partial charge >= 0.3 is 6.18 Å². The van der Waals surface area contributed by atoms with E-state index in [9.17, 15) is 23.1 Å². The fourth-order valence-corrected chi connectivity index (χ4v) is 4.34. The van der Waals surface area contributed by atoms with Crippen LogP contribution in [0.25, 0.3) is 11.3 Å². The number of halogens is 3. The second kappa shape index (κ2) is 10.4. The van der Waals surface area contributed by atoms with Gasteiger partial charge in [0.2, 0.25) is 0 Å². The number of carbonyl (C=O) groups excluding carboxylic acids is 1. The van der Waals surface area contributed by atoms with Crippen molar-refractivity contribution in [1.82, 2.24) is 15.3 Å². The molecule has 0 saturated heterocycles. The van der Waals surface area contributed by atoms with Gasteiger partial charge in [-0.15, -0.1) is 0 Å². The van der Waals surface area contributed by atoms with Gasteiger partial charge in [0, 0.05) is 42.3 Å². The van der Waals surface area contributed by atoms with Gasteiger partial charge in [-0.3, -0.25) is 15.1 Å². The van der Waals surface area contributed by atoms with Gasteiger partial charge < -0.3 is 15.4 Å². The maximum atomic E-state index is 13.2. The smallest absolute Gasteiger partial charge is 0.379 e. The molecule has 0 amide bonds. The highest BCUT2D eigenvalue weighted by atomic mass is 19.4. The van der Waals surface area contributed by atoms with Crippen LogP contribution < -0.4 is 10.6 Å². The molecule has 0 bridgehead atoms. The summed E-state index contributed by atoms with van der Waals surface area (Å²) in [5.41, 5.74) is 4.75. The molecule has 1 aromatic carbocycles. The topological polar surface area (TPSA) is 90.0 Å². The van der Waals surface area contributed by atoms with Gasteiger partial charge in [-0.2, -0.15) is 13.2 Å². The van der Waals surface area contributed by atoms with Crippen molar-refractivity contribution in [1.29, 1.82) is 0 Å². The summed E-state index contributed by atoms with van der Waals surface area (Å²) in [6, 6.07) is 13.4. The Balaban J connectivity index is 1.49. The summed E-state index contributed by atoms with van der Waals surface area (Å²) in [6.07, 6.45) is -1.17. The maximum absolute atomic E-state index is 13.2. The number of nitrogens with one attached hydrogen (secondary N) is 3. The lowest BCUT2D eigenvalue weighted by Crippen LogP contribution is -2.33. The minimum absolute atomic E-state index is 0.000702. The molecule has 4 N–H and O–H groups in total. The number of nitrogens with zero attached hydrogens (tertiary/aromatic N) is 1. The zero-order chi connectivity index (χ0) is 24.1. The van der Waals surface area contributed by atoms with Crippen LogP contribution in [-0.4, -0.2) is 39.8 Å². The third-order valence-corrected chi connectivity index (χ3v) is 5.97. The van der Waals surface area contributed by atoms with Gasteiger partial charge in [0.1, 0.15) is 6.23 Å². The number of hydrogen-bond acceptors (Lipinski definition) is 5. The summed E-state index contributed by atoms with van der Waals surface area (Å²) in [5.74, 6) is -0.00617. The predicted molar refractivity (Wildman–Crippen MR) is 124 cm³/mol. The Bertz CT molecular complexity index is 1100. The van der Waals surface area contributed by atoms with E-state index in [1.54, 1.807) is 12.4 Å². The lowest BCUT2D eigenvalue weighted by molar-refractivity contribution is -0.134. The Labute approximate surface area is 195 Å². The van der Waals surface area contributed by atoms with Crippen molar-refractivity contribution in [3.05, 3.63) is 66.1 Å². The van der Waals surface area contributed by atoms with Crippen molar-refractivity contribution in [2.45, 2.75) is 44.5 Å². The number of benzene rings is 1. The van der Waals surface area contributed by atoms with E-state index in [2.05, 4.69) is 20.6 Å². The van der Waals surface area contributed by atoms with E-state index in [1.165, 1.54) is 0 Å². The van der Waals surface area contributed by atoms with Crippen LogP contribution in [0.3, 0.4) is 0 Å². The van der Waals surface area contributed by atoms with Crippen molar-refractivity contribution < 1.29 is 23.1 Å². The number of para-hydroxylation sites is 1. The SMILES string of the molecule is O=C1CC(CCC(O)NCCC(F)(F)F)Cc2[nH]c(-c3ccncc3)c(Nc3ccccc3)c21. The van der Waals surface area contributed by atoms with E-state index >= 15 is 0 Å². The molecule has 0 spiro atoms. The number of anilines is 2. The molecule has 0 aliphatic heterocycles. The van der Waals surface area contributed by atoms with E-state index in [0.29, 0.717) is 24.8 Å². The predicted octanol–water partition coefficient (Wildman–Crippen LogP) is 5.21. The first kappa shape index (κ1) is 24.0. The molecule has 3 aromatic rings. The normalized spacial score (nSPS) is 16.8. The second-order valence-electron chi connectivity index (χ2n) is 8.57. The van der Waals surface area contributed by atoms with Crippen molar-refractivity contribution in [3.8, 4) is 11.3 Å². The third kappa shape index (κ3) is 6.03. The molecule has 2 aromatic heterocycles. The fraction of sp³-hybridized carbons (Fsp3) is 0.360. The molecule has 180 valence electrons. The van der Waals surface area contributed by atoms with Crippen LogP contribution in [0.5, 0.6) is 0 Å². The molecule has 2 heterocycles. The molecule has 1 aliphatic rings. The molecule has 1 aliphatic carbocycles. The van der Waals surface area contributed by atoms with E-state index in [0.717, 1.165) is 28.3 Å². The highest BCUT2D eigenvalue weighted by Gasteiger charge is 2.32. The average Bonchev–Trinajstić information content (AvgIpc) is 3.17. The number of aromatic amines is 1. The van der Waals surface area contributed by atoms with E-state index in [4.69, 9.17) is 0 Å². The molecule has 4 rings (SSSR count). The lowest BCUT2D eigenvalue weighted by Gasteiger charge is -2.23. The number of aliphatic hydroxyl groups is 1. The van der Waals surface area contributed by atoms with Crippen LogP contribution in [-0.2, 0) is 6.42 Å². The van der Waals surface area contributed by atoms with Crippen LogP contribution >= 0.6 is 0 Å². The fourth-order valence-electron chi connectivity index (χ4n) is 4.34. The molecule has 0 radical (unpaired) electrons. The first-order valence-electron chi connectivity index (χ1n) is 11.3. The highest BCUT2D eigenvalue weighted by molar-refractivity contribution is 6.07. The number of H-pyrrole nitrogens is 1. The average molecular weight is 473 g/mol. The summed E-state index contributed by atoms with van der Waals surface area (Å²) in [7, 11) is 0. The van der Waals surface area contributed by atoms with E-state index < -0.39 is 18.8 Å².